The van der Waals surface area contributed by atoms with Crippen LogP contribution < -0.4 is 0 Å². The van der Waals surface area contributed by atoms with E-state index >= 15 is 0 Å². The van der Waals surface area contributed by atoms with Crippen LogP contribution in [0.5, 0.6) is 0 Å². The molecule has 0 unspecified atom stereocenters. The first-order chi connectivity index (χ1) is 7.56. The molecule has 0 heterocycles. The summed E-state index contributed by atoms with van der Waals surface area (Å²) in [6, 6.07) is 0. The van der Waals surface area contributed by atoms with Gasteiger partial charge >= 0.3 is 0 Å². The maximum atomic E-state index is 11.5. The second kappa shape index (κ2) is 5.29. The highest BCUT2D eigenvalue weighted by molar-refractivity contribution is 6.41. The average Bonchev–Trinajstić information content (AvgIpc) is 2.15. The molecule has 0 aliphatic heterocycles. The van der Waals surface area contributed by atoms with Crippen molar-refractivity contribution in [1.29, 1.82) is 0 Å². The van der Waals surface area contributed by atoms with Crippen LogP contribution in [0, 0.1) is 5.92 Å². The number of aliphatic hydroxyl groups excluding tert-OH is 1. The van der Waals surface area contributed by atoms with Crippen molar-refractivity contribution in [3.05, 3.63) is 0 Å². The van der Waals surface area contributed by atoms with Gasteiger partial charge in [0.2, 0.25) is 5.78 Å². The summed E-state index contributed by atoms with van der Waals surface area (Å²) in [4.78, 5) is 45.2. The van der Waals surface area contributed by atoms with Crippen LogP contribution in [0.3, 0.4) is 0 Å². The molecule has 0 spiro atoms. The molecule has 96 valence electrons. The zero-order chi connectivity index (χ0) is 14.0. The summed E-state index contributed by atoms with van der Waals surface area (Å²) >= 11 is 0. The number of hydrogen-bond acceptors (Lipinski definition) is 6. The Kier molecular flexibility index (Phi) is 4.85. The van der Waals surface area contributed by atoms with E-state index in [0.717, 1.165) is 27.7 Å². The van der Waals surface area contributed by atoms with Crippen molar-refractivity contribution < 1.29 is 29.4 Å². The van der Waals surface area contributed by atoms with Gasteiger partial charge in [-0.15, -0.1) is 0 Å². The Hall–Kier alpha value is -1.40. The summed E-state index contributed by atoms with van der Waals surface area (Å²) in [6.45, 7) is 3.92. The van der Waals surface area contributed by atoms with Gasteiger partial charge in [-0.25, -0.2) is 0 Å². The monoisotopic (exact) mass is 244 g/mol. The standard InChI is InChI=1S/C11H16O6/c1-5(12)9(10(16)6(2)13)11(17,7(3)14)8(4)15/h7,9,14,17H,1-4H3/t7-,9+,11+/m1/s1. The molecule has 17 heavy (non-hydrogen) atoms. The van der Waals surface area contributed by atoms with Crippen molar-refractivity contribution in [2.75, 3.05) is 0 Å². The molecule has 0 saturated heterocycles. The minimum absolute atomic E-state index is 0.844. The van der Waals surface area contributed by atoms with E-state index < -0.39 is 40.8 Å². The Balaban J connectivity index is 5.74. The third kappa shape index (κ3) is 2.83. The molecular weight excluding hydrogens is 228 g/mol. The van der Waals surface area contributed by atoms with E-state index in [1.165, 1.54) is 0 Å². The maximum Gasteiger partial charge on any atom is 0.212 e. The first kappa shape index (κ1) is 15.6. The summed E-state index contributed by atoms with van der Waals surface area (Å²) in [5.74, 6) is -5.79. The minimum atomic E-state index is -2.56. The van der Waals surface area contributed by atoms with Crippen LogP contribution >= 0.6 is 0 Å². The van der Waals surface area contributed by atoms with Crippen molar-refractivity contribution >= 4 is 23.1 Å². The second-order valence-corrected chi connectivity index (χ2v) is 4.02. The minimum Gasteiger partial charge on any atom is -0.390 e. The van der Waals surface area contributed by atoms with Gasteiger partial charge in [0.25, 0.3) is 0 Å². The predicted octanol–water partition coefficient (Wildman–Crippen LogP) is -0.949. The van der Waals surface area contributed by atoms with E-state index in [0.29, 0.717) is 0 Å². The zero-order valence-electron chi connectivity index (χ0n) is 10.2. The Bertz CT molecular complexity index is 370. The first-order valence-corrected chi connectivity index (χ1v) is 5.03. The smallest absolute Gasteiger partial charge is 0.212 e. The van der Waals surface area contributed by atoms with Gasteiger partial charge in [0.1, 0.15) is 11.7 Å². The van der Waals surface area contributed by atoms with E-state index in [9.17, 15) is 29.4 Å². The van der Waals surface area contributed by atoms with Gasteiger partial charge in [-0.05, 0) is 20.8 Å². The number of aliphatic hydroxyl groups is 2. The molecule has 6 heteroatoms. The molecule has 0 aliphatic carbocycles. The quantitative estimate of drug-likeness (QED) is 0.460. The topological polar surface area (TPSA) is 109 Å². The van der Waals surface area contributed by atoms with Gasteiger partial charge in [-0.1, -0.05) is 0 Å². The Morgan fingerprint density at radius 3 is 1.65 bits per heavy atom. The van der Waals surface area contributed by atoms with E-state index in [1.54, 1.807) is 0 Å². The number of Topliss-reactive ketones (excluding diaryl/α,β-unsaturated/α-hetero) is 4. The third-order valence-corrected chi connectivity index (χ3v) is 2.66. The molecular formula is C11H16O6. The zero-order valence-corrected chi connectivity index (χ0v) is 10.2. The van der Waals surface area contributed by atoms with Crippen molar-refractivity contribution in [3.63, 3.8) is 0 Å². The van der Waals surface area contributed by atoms with E-state index in [4.69, 9.17) is 0 Å². The fraction of sp³-hybridized carbons (Fsp3) is 0.636. The molecule has 6 nitrogen and oxygen atoms in total. The van der Waals surface area contributed by atoms with Crippen molar-refractivity contribution in [2.45, 2.75) is 39.4 Å². The maximum absolute atomic E-state index is 11.5. The van der Waals surface area contributed by atoms with Crippen molar-refractivity contribution in [3.8, 4) is 0 Å². The van der Waals surface area contributed by atoms with Crippen LogP contribution in [0.4, 0.5) is 0 Å². The SMILES string of the molecule is CC(=O)C(=O)[C@H](C(C)=O)[C@@](O)(C(C)=O)[C@@H](C)O. The second-order valence-electron chi connectivity index (χ2n) is 4.02. The van der Waals surface area contributed by atoms with Gasteiger partial charge in [-0.2, -0.15) is 0 Å². The molecule has 0 aromatic rings. The third-order valence-electron chi connectivity index (χ3n) is 2.66. The number of ketones is 4. The van der Waals surface area contributed by atoms with Gasteiger partial charge < -0.3 is 10.2 Å². The molecule has 0 aliphatic rings. The largest absolute Gasteiger partial charge is 0.390 e. The first-order valence-electron chi connectivity index (χ1n) is 5.03. The lowest BCUT2D eigenvalue weighted by molar-refractivity contribution is -0.169. The molecule has 0 rings (SSSR count). The van der Waals surface area contributed by atoms with Crippen LogP contribution in [-0.4, -0.2) is 45.1 Å². The lowest BCUT2D eigenvalue weighted by Gasteiger charge is -2.33. The van der Waals surface area contributed by atoms with Crippen LogP contribution in [0.2, 0.25) is 0 Å². The van der Waals surface area contributed by atoms with E-state index in [-0.39, 0.29) is 0 Å². The van der Waals surface area contributed by atoms with Crippen LogP contribution in [0.15, 0.2) is 0 Å². The Morgan fingerprint density at radius 2 is 1.47 bits per heavy atom. The molecule has 0 bridgehead atoms. The highest BCUT2D eigenvalue weighted by Crippen LogP contribution is 2.25. The molecule has 0 saturated carbocycles. The predicted molar refractivity (Wildman–Crippen MR) is 57.2 cm³/mol. The molecule has 0 amide bonds. The molecule has 0 radical (unpaired) electrons. The fourth-order valence-corrected chi connectivity index (χ4v) is 1.64. The lowest BCUT2D eigenvalue weighted by atomic mass is 9.75. The van der Waals surface area contributed by atoms with Gasteiger partial charge in [0, 0.05) is 6.92 Å². The van der Waals surface area contributed by atoms with Gasteiger partial charge in [0.15, 0.2) is 17.2 Å². The van der Waals surface area contributed by atoms with Gasteiger partial charge in [-0.3, -0.25) is 19.2 Å². The summed E-state index contributed by atoms with van der Waals surface area (Å²) < 4.78 is 0. The highest BCUT2D eigenvalue weighted by atomic mass is 16.4. The van der Waals surface area contributed by atoms with Crippen LogP contribution in [-0.2, 0) is 19.2 Å². The normalized spacial score (nSPS) is 17.8. The van der Waals surface area contributed by atoms with Crippen LogP contribution in [0.25, 0.3) is 0 Å². The lowest BCUT2D eigenvalue weighted by Crippen LogP contribution is -2.59. The average molecular weight is 244 g/mol. The molecule has 2 N–H and O–H groups in total. The Morgan fingerprint density at radius 1 is 1.06 bits per heavy atom. The van der Waals surface area contributed by atoms with Crippen LogP contribution in [0.1, 0.15) is 27.7 Å². The molecule has 0 aromatic heterocycles. The fourth-order valence-electron chi connectivity index (χ4n) is 1.64. The molecule has 3 atom stereocenters. The number of carbonyl (C=O) groups excluding carboxylic acids is 4. The van der Waals surface area contributed by atoms with E-state index in [1.807, 2.05) is 0 Å². The summed E-state index contributed by atoms with van der Waals surface area (Å²) in [7, 11) is 0. The number of hydrogen-bond donors (Lipinski definition) is 2. The van der Waals surface area contributed by atoms with Crippen molar-refractivity contribution in [1.82, 2.24) is 0 Å². The van der Waals surface area contributed by atoms with Gasteiger partial charge in [0.05, 0.1) is 6.10 Å². The Labute approximate surface area is 98.6 Å². The number of carbonyl (C=O) groups is 4. The number of rotatable bonds is 6. The summed E-state index contributed by atoms with van der Waals surface area (Å²) in [6.07, 6.45) is -1.64. The molecule has 0 fully saturated rings. The summed E-state index contributed by atoms with van der Waals surface area (Å²) in [5, 5.41) is 19.4. The summed E-state index contributed by atoms with van der Waals surface area (Å²) in [5.41, 5.74) is -2.56. The highest BCUT2D eigenvalue weighted by Gasteiger charge is 2.52. The molecule has 0 aromatic carbocycles. The van der Waals surface area contributed by atoms with Crippen molar-refractivity contribution in [2.24, 2.45) is 5.92 Å². The van der Waals surface area contributed by atoms with E-state index in [2.05, 4.69) is 0 Å².